The van der Waals surface area contributed by atoms with Crippen LogP contribution in [-0.2, 0) is 22.5 Å². The number of nitrogens with zero attached hydrogens (tertiary/aromatic N) is 2. The van der Waals surface area contributed by atoms with Gasteiger partial charge in [-0.15, -0.1) is 5.10 Å². The second-order valence-electron chi connectivity index (χ2n) is 6.04. The molecule has 0 bridgehead atoms. The number of halogens is 1. The molecule has 1 aliphatic heterocycles. The van der Waals surface area contributed by atoms with Crippen molar-refractivity contribution in [2.45, 2.75) is 37.1 Å². The minimum absolute atomic E-state index is 0.0132. The van der Waals surface area contributed by atoms with Crippen LogP contribution < -0.4 is 11.0 Å². The SMILES string of the molecule is O=C(CSc1n[nH]c(=O)n1C[C@H]1CCCO1)NCCc1ccccc1F. The maximum absolute atomic E-state index is 13.5. The third kappa shape index (κ3) is 4.95. The van der Waals surface area contributed by atoms with E-state index in [1.165, 1.54) is 22.4 Å². The first kappa shape index (κ1) is 18.7. The minimum atomic E-state index is -0.303. The molecular weight excluding hydrogens is 359 g/mol. The number of thioether (sulfide) groups is 1. The molecule has 0 saturated carbocycles. The van der Waals surface area contributed by atoms with Crippen molar-refractivity contribution in [3.63, 3.8) is 0 Å². The minimum Gasteiger partial charge on any atom is -0.376 e. The molecule has 0 aliphatic carbocycles. The Morgan fingerprint density at radius 3 is 3.08 bits per heavy atom. The van der Waals surface area contributed by atoms with Gasteiger partial charge in [-0.2, -0.15) is 0 Å². The summed E-state index contributed by atoms with van der Waals surface area (Å²) in [6.45, 7) is 1.50. The third-order valence-corrected chi connectivity index (χ3v) is 5.12. The Morgan fingerprint density at radius 1 is 1.46 bits per heavy atom. The van der Waals surface area contributed by atoms with E-state index < -0.39 is 0 Å². The molecule has 1 amide bonds. The molecule has 1 atom stereocenters. The fraction of sp³-hybridized carbons (Fsp3) is 0.471. The van der Waals surface area contributed by atoms with Crippen LogP contribution in [0.3, 0.4) is 0 Å². The number of benzene rings is 1. The molecule has 1 aromatic carbocycles. The fourth-order valence-corrected chi connectivity index (χ4v) is 3.57. The van der Waals surface area contributed by atoms with Gasteiger partial charge in [0.15, 0.2) is 5.16 Å². The van der Waals surface area contributed by atoms with Crippen LogP contribution in [0.5, 0.6) is 0 Å². The number of aromatic amines is 1. The van der Waals surface area contributed by atoms with Crippen LogP contribution in [0.2, 0.25) is 0 Å². The molecule has 2 heterocycles. The molecule has 0 spiro atoms. The normalized spacial score (nSPS) is 16.7. The Bertz CT molecular complexity index is 801. The first-order chi connectivity index (χ1) is 12.6. The summed E-state index contributed by atoms with van der Waals surface area (Å²) in [5.41, 5.74) is 0.265. The van der Waals surface area contributed by atoms with Crippen LogP contribution in [-0.4, -0.2) is 45.7 Å². The van der Waals surface area contributed by atoms with E-state index in [-0.39, 0.29) is 29.3 Å². The number of carbonyl (C=O) groups is 1. The average molecular weight is 380 g/mol. The van der Waals surface area contributed by atoms with E-state index in [1.807, 2.05) is 0 Å². The maximum Gasteiger partial charge on any atom is 0.344 e. The van der Waals surface area contributed by atoms with Crippen molar-refractivity contribution in [2.75, 3.05) is 18.9 Å². The molecule has 3 rings (SSSR count). The zero-order valence-electron chi connectivity index (χ0n) is 14.2. The van der Waals surface area contributed by atoms with E-state index in [2.05, 4.69) is 15.5 Å². The van der Waals surface area contributed by atoms with Gasteiger partial charge in [-0.05, 0) is 30.9 Å². The molecule has 1 aromatic heterocycles. The summed E-state index contributed by atoms with van der Waals surface area (Å²) >= 11 is 1.19. The number of carbonyl (C=O) groups excluding carboxylic acids is 1. The number of hydrogen-bond donors (Lipinski definition) is 2. The van der Waals surface area contributed by atoms with Crippen LogP contribution in [0, 0.1) is 5.82 Å². The smallest absolute Gasteiger partial charge is 0.344 e. The largest absolute Gasteiger partial charge is 0.376 e. The quantitative estimate of drug-likeness (QED) is 0.675. The predicted octanol–water partition coefficient (Wildman–Crippen LogP) is 1.34. The van der Waals surface area contributed by atoms with Gasteiger partial charge in [0.05, 0.1) is 18.4 Å². The van der Waals surface area contributed by atoms with Gasteiger partial charge in [0, 0.05) is 13.2 Å². The van der Waals surface area contributed by atoms with E-state index in [9.17, 15) is 14.0 Å². The molecule has 1 saturated heterocycles. The summed E-state index contributed by atoms with van der Waals surface area (Å²) in [4.78, 5) is 23.9. The van der Waals surface area contributed by atoms with E-state index in [4.69, 9.17) is 4.74 Å². The monoisotopic (exact) mass is 380 g/mol. The molecule has 2 aromatic rings. The molecule has 7 nitrogen and oxygen atoms in total. The molecule has 2 N–H and O–H groups in total. The lowest BCUT2D eigenvalue weighted by atomic mass is 10.1. The predicted molar refractivity (Wildman–Crippen MR) is 95.7 cm³/mol. The molecule has 26 heavy (non-hydrogen) atoms. The lowest BCUT2D eigenvalue weighted by Crippen LogP contribution is -2.28. The van der Waals surface area contributed by atoms with E-state index in [1.54, 1.807) is 18.2 Å². The summed E-state index contributed by atoms with van der Waals surface area (Å²) in [5.74, 6) is -0.330. The van der Waals surface area contributed by atoms with Crippen LogP contribution in [0.1, 0.15) is 18.4 Å². The highest BCUT2D eigenvalue weighted by Crippen LogP contribution is 2.17. The highest BCUT2D eigenvalue weighted by molar-refractivity contribution is 7.99. The second-order valence-corrected chi connectivity index (χ2v) is 6.98. The van der Waals surface area contributed by atoms with Gasteiger partial charge in [-0.3, -0.25) is 9.36 Å². The van der Waals surface area contributed by atoms with Crippen LogP contribution in [0.4, 0.5) is 4.39 Å². The van der Waals surface area contributed by atoms with Gasteiger partial charge in [-0.1, -0.05) is 30.0 Å². The topological polar surface area (TPSA) is 89.0 Å². The summed E-state index contributed by atoms with van der Waals surface area (Å²) in [6.07, 6.45) is 2.34. The third-order valence-electron chi connectivity index (χ3n) is 4.14. The lowest BCUT2D eigenvalue weighted by Gasteiger charge is -2.11. The van der Waals surface area contributed by atoms with Gasteiger partial charge < -0.3 is 10.1 Å². The summed E-state index contributed by atoms with van der Waals surface area (Å²) in [6, 6.07) is 6.50. The standard InChI is InChI=1S/C17H21FN4O3S/c18-14-6-2-1-4-12(14)7-8-19-15(23)11-26-17-21-20-16(24)22(17)10-13-5-3-9-25-13/h1-2,4,6,13H,3,5,7-11H2,(H,19,23)(H,20,24)/t13-/m1/s1. The molecular formula is C17H21FN4O3S. The Kier molecular flexibility index (Phi) is 6.45. The number of amides is 1. The van der Waals surface area contributed by atoms with Crippen molar-refractivity contribution in [1.29, 1.82) is 0 Å². The van der Waals surface area contributed by atoms with Crippen molar-refractivity contribution in [1.82, 2.24) is 20.1 Å². The fourth-order valence-electron chi connectivity index (χ4n) is 2.79. The molecule has 9 heteroatoms. The molecule has 1 fully saturated rings. The first-order valence-corrected chi connectivity index (χ1v) is 9.52. The number of hydrogen-bond acceptors (Lipinski definition) is 5. The van der Waals surface area contributed by atoms with E-state index >= 15 is 0 Å². The van der Waals surface area contributed by atoms with E-state index in [0.717, 1.165) is 12.8 Å². The van der Waals surface area contributed by atoms with E-state index in [0.29, 0.717) is 36.8 Å². The average Bonchev–Trinajstić information content (AvgIpc) is 3.26. The van der Waals surface area contributed by atoms with Gasteiger partial charge >= 0.3 is 5.69 Å². The van der Waals surface area contributed by atoms with Gasteiger partial charge in [0.1, 0.15) is 5.82 Å². The Balaban J connectivity index is 1.46. The molecule has 0 radical (unpaired) electrons. The zero-order valence-corrected chi connectivity index (χ0v) is 15.1. The number of rotatable bonds is 8. The number of H-pyrrole nitrogens is 1. The maximum atomic E-state index is 13.5. The first-order valence-electron chi connectivity index (χ1n) is 8.53. The number of aromatic nitrogens is 3. The summed E-state index contributed by atoms with van der Waals surface area (Å²) < 4.78 is 20.6. The van der Waals surface area contributed by atoms with Crippen LogP contribution in [0.15, 0.2) is 34.2 Å². The second kappa shape index (κ2) is 9.00. The Labute approximate surface area is 154 Å². The number of nitrogens with one attached hydrogen (secondary N) is 2. The molecule has 0 unspecified atom stereocenters. The van der Waals surface area contributed by atoms with Crippen molar-refractivity contribution >= 4 is 17.7 Å². The van der Waals surface area contributed by atoms with Gasteiger partial charge in [-0.25, -0.2) is 14.3 Å². The molecule has 1 aliphatic rings. The highest BCUT2D eigenvalue weighted by atomic mass is 32.2. The van der Waals surface area contributed by atoms with Crippen molar-refractivity contribution in [3.8, 4) is 0 Å². The van der Waals surface area contributed by atoms with Gasteiger partial charge in [0.25, 0.3) is 0 Å². The van der Waals surface area contributed by atoms with Crippen molar-refractivity contribution in [3.05, 3.63) is 46.1 Å². The van der Waals surface area contributed by atoms with Gasteiger partial charge in [0.2, 0.25) is 5.91 Å². The highest BCUT2D eigenvalue weighted by Gasteiger charge is 2.20. The molecule has 140 valence electrons. The van der Waals surface area contributed by atoms with Crippen molar-refractivity contribution < 1.29 is 13.9 Å². The Morgan fingerprint density at radius 2 is 2.31 bits per heavy atom. The summed E-state index contributed by atoms with van der Waals surface area (Å²) in [7, 11) is 0. The lowest BCUT2D eigenvalue weighted by molar-refractivity contribution is -0.118. The zero-order chi connectivity index (χ0) is 18.4. The summed E-state index contributed by atoms with van der Waals surface area (Å²) in [5, 5.41) is 9.60. The van der Waals surface area contributed by atoms with Crippen LogP contribution >= 0.6 is 11.8 Å². The number of ether oxygens (including phenoxy) is 1. The van der Waals surface area contributed by atoms with Crippen molar-refractivity contribution in [2.24, 2.45) is 0 Å². The van der Waals surface area contributed by atoms with Crippen LogP contribution in [0.25, 0.3) is 0 Å². The Hall–Kier alpha value is -2.13.